The summed E-state index contributed by atoms with van der Waals surface area (Å²) in [5.74, 6) is 6.01. The molecule has 0 N–H and O–H groups in total. The molecular weight excluding hydrogens is 144 g/mol. The van der Waals surface area contributed by atoms with Gasteiger partial charge in [0.05, 0.1) is 0 Å². The van der Waals surface area contributed by atoms with E-state index >= 15 is 0 Å². The minimum absolute atomic E-state index is 1.19. The fourth-order valence-corrected chi connectivity index (χ4v) is 3.71. The first kappa shape index (κ1) is 7.41. The smallest absolute Gasteiger partial charge is 0.0352 e. The third kappa shape index (κ3) is 1.03. The topological polar surface area (TPSA) is 0 Å². The zero-order chi connectivity index (χ0) is 8.13. The molecule has 0 saturated heterocycles. The molecule has 4 unspecified atom stereocenters. The van der Waals surface area contributed by atoms with Crippen molar-refractivity contribution in [1.29, 1.82) is 0 Å². The Morgan fingerprint density at radius 2 is 1.67 bits per heavy atom. The van der Waals surface area contributed by atoms with E-state index in [-0.39, 0.29) is 0 Å². The minimum atomic E-state index is 1.19. The van der Waals surface area contributed by atoms with Gasteiger partial charge in [-0.2, -0.15) is 0 Å². The zero-order valence-corrected chi connectivity index (χ0v) is 8.13. The van der Waals surface area contributed by atoms with Gasteiger partial charge in [0.1, 0.15) is 0 Å². The maximum Gasteiger partial charge on any atom is -0.0352 e. The Kier molecular flexibility index (Phi) is 1.54. The molecule has 0 aliphatic heterocycles. The summed E-state index contributed by atoms with van der Waals surface area (Å²) >= 11 is 0. The van der Waals surface area contributed by atoms with Crippen LogP contribution in [0.25, 0.3) is 0 Å². The molecule has 0 aromatic carbocycles. The van der Waals surface area contributed by atoms with Crippen LogP contribution in [0.2, 0.25) is 0 Å². The summed E-state index contributed by atoms with van der Waals surface area (Å²) in [4.78, 5) is 0. The normalized spacial score (nSPS) is 54.2. The van der Waals surface area contributed by atoms with E-state index in [1.54, 1.807) is 25.7 Å². The van der Waals surface area contributed by atoms with Gasteiger partial charge in [-0.15, -0.1) is 0 Å². The molecule has 3 saturated carbocycles. The van der Waals surface area contributed by atoms with Crippen molar-refractivity contribution < 1.29 is 0 Å². The van der Waals surface area contributed by atoms with Crippen molar-refractivity contribution in [2.45, 2.75) is 45.4 Å². The molecule has 0 heterocycles. The zero-order valence-electron chi connectivity index (χ0n) is 8.13. The average molecular weight is 164 g/mol. The highest BCUT2D eigenvalue weighted by Gasteiger charge is 2.58. The van der Waals surface area contributed by atoms with Crippen LogP contribution in [0.5, 0.6) is 0 Å². The van der Waals surface area contributed by atoms with Crippen LogP contribution < -0.4 is 0 Å². The Bertz CT molecular complexity index is 168. The maximum atomic E-state index is 2.33. The minimum Gasteiger partial charge on any atom is -0.0654 e. The molecule has 0 bridgehead atoms. The van der Waals surface area contributed by atoms with Gasteiger partial charge >= 0.3 is 0 Å². The quantitative estimate of drug-likeness (QED) is 0.599. The summed E-state index contributed by atoms with van der Waals surface area (Å²) < 4.78 is 0. The largest absolute Gasteiger partial charge is 0.0654 e. The van der Waals surface area contributed by atoms with E-state index in [1.165, 1.54) is 42.4 Å². The van der Waals surface area contributed by atoms with Crippen LogP contribution >= 0.6 is 0 Å². The van der Waals surface area contributed by atoms with Crippen LogP contribution in [0.3, 0.4) is 0 Å². The lowest BCUT2D eigenvalue weighted by Crippen LogP contribution is -2.13. The van der Waals surface area contributed by atoms with Gasteiger partial charge in [0.25, 0.3) is 0 Å². The van der Waals surface area contributed by atoms with Crippen LogP contribution in [-0.2, 0) is 0 Å². The van der Waals surface area contributed by atoms with E-state index in [9.17, 15) is 0 Å². The van der Waals surface area contributed by atoms with Crippen LogP contribution in [0, 0.1) is 29.6 Å². The number of hydrogen-bond acceptors (Lipinski definition) is 0. The lowest BCUT2D eigenvalue weighted by molar-refractivity contribution is 0.289. The highest BCUT2D eigenvalue weighted by atomic mass is 14.6. The molecule has 0 radical (unpaired) electrons. The standard InChI is InChI=1S/C12H20/c1-2-3-4-10-11-6-8(11)5-9-7-12(9)10/h8-12H,2-7H2,1H3. The molecule has 3 fully saturated rings. The van der Waals surface area contributed by atoms with Crippen LogP contribution in [-0.4, -0.2) is 0 Å². The summed E-state index contributed by atoms with van der Waals surface area (Å²) in [7, 11) is 0. The van der Waals surface area contributed by atoms with Crippen LogP contribution in [0.4, 0.5) is 0 Å². The predicted molar refractivity (Wildman–Crippen MR) is 50.8 cm³/mol. The second-order valence-electron chi connectivity index (χ2n) is 5.36. The summed E-state index contributed by atoms with van der Waals surface area (Å²) in [5.41, 5.74) is 0. The van der Waals surface area contributed by atoms with Crippen molar-refractivity contribution in [3.8, 4) is 0 Å². The van der Waals surface area contributed by atoms with Gasteiger partial charge in [0.15, 0.2) is 0 Å². The van der Waals surface area contributed by atoms with E-state index in [0.29, 0.717) is 0 Å². The number of unbranched alkanes of at least 4 members (excludes halogenated alkanes) is 1. The van der Waals surface area contributed by atoms with Crippen molar-refractivity contribution in [1.82, 2.24) is 0 Å². The molecule has 0 aromatic rings. The fraction of sp³-hybridized carbons (Fsp3) is 1.00. The highest BCUT2D eigenvalue weighted by Crippen LogP contribution is 2.66. The lowest BCUT2D eigenvalue weighted by Gasteiger charge is -2.20. The number of fused-ring (bicyclic) bond motifs is 2. The molecule has 0 nitrogen and oxygen atoms in total. The molecule has 4 atom stereocenters. The third-order valence-corrected chi connectivity index (χ3v) is 4.55. The van der Waals surface area contributed by atoms with E-state index in [2.05, 4.69) is 6.92 Å². The molecular formula is C12H20. The van der Waals surface area contributed by atoms with Gasteiger partial charge in [-0.25, -0.2) is 0 Å². The number of rotatable bonds is 3. The first-order chi connectivity index (χ1) is 5.90. The van der Waals surface area contributed by atoms with E-state index in [1.807, 2.05) is 0 Å². The Labute approximate surface area is 75.7 Å². The van der Waals surface area contributed by atoms with Gasteiger partial charge < -0.3 is 0 Å². The van der Waals surface area contributed by atoms with Gasteiger partial charge in [0, 0.05) is 0 Å². The SMILES string of the molecule is CCCCC1C2CC2CC2CC21. The Balaban J connectivity index is 1.61. The molecule has 0 amide bonds. The second-order valence-corrected chi connectivity index (χ2v) is 5.36. The van der Waals surface area contributed by atoms with Gasteiger partial charge in [0.2, 0.25) is 0 Å². The Morgan fingerprint density at radius 1 is 1.00 bits per heavy atom. The Hall–Kier alpha value is 0. The van der Waals surface area contributed by atoms with Gasteiger partial charge in [-0.05, 0) is 55.3 Å². The van der Waals surface area contributed by atoms with Crippen molar-refractivity contribution in [3.05, 3.63) is 0 Å². The molecule has 12 heavy (non-hydrogen) atoms. The van der Waals surface area contributed by atoms with E-state index in [0.717, 1.165) is 0 Å². The third-order valence-electron chi connectivity index (χ3n) is 4.55. The summed E-state index contributed by atoms with van der Waals surface area (Å²) in [6.07, 6.45) is 9.32. The monoisotopic (exact) mass is 164 g/mol. The second kappa shape index (κ2) is 2.49. The van der Waals surface area contributed by atoms with E-state index < -0.39 is 0 Å². The van der Waals surface area contributed by atoms with Crippen LogP contribution in [0.15, 0.2) is 0 Å². The fourth-order valence-electron chi connectivity index (χ4n) is 3.71. The van der Waals surface area contributed by atoms with Crippen molar-refractivity contribution in [2.24, 2.45) is 29.6 Å². The summed E-state index contributed by atoms with van der Waals surface area (Å²) in [6.45, 7) is 2.33. The van der Waals surface area contributed by atoms with Crippen molar-refractivity contribution in [3.63, 3.8) is 0 Å². The average Bonchev–Trinajstić information content (AvgIpc) is 2.89. The molecule has 3 aliphatic rings. The first-order valence-electron chi connectivity index (χ1n) is 5.90. The molecule has 3 aliphatic carbocycles. The van der Waals surface area contributed by atoms with Crippen molar-refractivity contribution >= 4 is 0 Å². The molecule has 3 rings (SSSR count). The molecule has 0 heteroatoms. The first-order valence-corrected chi connectivity index (χ1v) is 5.90. The molecule has 0 spiro atoms. The lowest BCUT2D eigenvalue weighted by atomic mass is 9.85. The predicted octanol–water partition coefficient (Wildman–Crippen LogP) is 3.47. The summed E-state index contributed by atoms with van der Waals surface area (Å²) in [6, 6.07) is 0. The van der Waals surface area contributed by atoms with E-state index in [4.69, 9.17) is 0 Å². The molecule has 0 aromatic heterocycles. The maximum absolute atomic E-state index is 2.33. The highest BCUT2D eigenvalue weighted by molar-refractivity contribution is 5.07. The van der Waals surface area contributed by atoms with Gasteiger partial charge in [-0.3, -0.25) is 0 Å². The van der Waals surface area contributed by atoms with Gasteiger partial charge in [-0.1, -0.05) is 19.8 Å². The summed E-state index contributed by atoms with van der Waals surface area (Å²) in [5, 5.41) is 0. The molecule has 68 valence electrons. The Morgan fingerprint density at radius 3 is 2.25 bits per heavy atom. The van der Waals surface area contributed by atoms with Crippen LogP contribution in [0.1, 0.15) is 45.4 Å². The number of hydrogen-bond donors (Lipinski definition) is 0. The van der Waals surface area contributed by atoms with Crippen molar-refractivity contribution in [2.75, 3.05) is 0 Å².